The quantitative estimate of drug-likeness (QED) is 0.700. The van der Waals surface area contributed by atoms with Gasteiger partial charge in [0.25, 0.3) is 0 Å². The Morgan fingerprint density at radius 2 is 2.20 bits per heavy atom. The third-order valence-corrected chi connectivity index (χ3v) is 4.17. The van der Waals surface area contributed by atoms with E-state index < -0.39 is 0 Å². The molecule has 0 aliphatic carbocycles. The lowest BCUT2D eigenvalue weighted by Gasteiger charge is -2.32. The van der Waals surface area contributed by atoms with Gasteiger partial charge in [-0.05, 0) is 24.7 Å². The Hall–Kier alpha value is -0.410. The smallest absolute Gasteiger partial charge is 0.120 e. The Morgan fingerprint density at radius 1 is 1.47 bits per heavy atom. The molecule has 2 fully saturated rings. The molecule has 2 heterocycles. The minimum Gasteiger partial charge on any atom is -0.396 e. The minimum atomic E-state index is 0.210. The van der Waals surface area contributed by atoms with E-state index in [1.165, 1.54) is 0 Å². The summed E-state index contributed by atoms with van der Waals surface area (Å²) in [5.41, 5.74) is 0. The van der Waals surface area contributed by atoms with Crippen molar-refractivity contribution in [1.29, 1.82) is 0 Å². The normalized spacial score (nSPS) is 40.7. The molecular weight excluding hydrogens is 192 g/mol. The van der Waals surface area contributed by atoms with E-state index in [-0.39, 0.29) is 18.6 Å². The van der Waals surface area contributed by atoms with Crippen molar-refractivity contribution in [3.8, 4) is 0 Å². The molecule has 0 saturated carbocycles. The van der Waals surface area contributed by atoms with E-state index in [4.69, 9.17) is 4.74 Å². The van der Waals surface area contributed by atoms with Gasteiger partial charge in [-0.3, -0.25) is 0 Å². The lowest BCUT2D eigenvalue weighted by Crippen LogP contribution is -2.35. The highest BCUT2D eigenvalue weighted by atomic mass is 16.5. The number of carbonyl (C=O) groups excluding carboxylic acids is 1. The van der Waals surface area contributed by atoms with Crippen molar-refractivity contribution >= 4 is 6.29 Å². The predicted octanol–water partition coefficient (Wildman–Crippen LogP) is 1.39. The molecule has 86 valence electrons. The lowest BCUT2D eigenvalue weighted by atomic mass is 9.71. The van der Waals surface area contributed by atoms with Crippen molar-refractivity contribution in [3.05, 3.63) is 0 Å². The molecule has 3 nitrogen and oxygen atoms in total. The van der Waals surface area contributed by atoms with Crippen LogP contribution in [0.25, 0.3) is 0 Å². The molecule has 5 atom stereocenters. The predicted molar refractivity (Wildman–Crippen MR) is 56.4 cm³/mol. The van der Waals surface area contributed by atoms with E-state index in [1.54, 1.807) is 0 Å². The second kappa shape index (κ2) is 4.62. The molecule has 0 aromatic carbocycles. The van der Waals surface area contributed by atoms with Gasteiger partial charge in [-0.2, -0.15) is 0 Å². The number of carbonyl (C=O) groups is 1. The number of hydrogen-bond acceptors (Lipinski definition) is 3. The van der Waals surface area contributed by atoms with Crippen LogP contribution in [0.5, 0.6) is 0 Å². The molecule has 0 spiro atoms. The van der Waals surface area contributed by atoms with E-state index in [0.29, 0.717) is 24.4 Å². The summed E-state index contributed by atoms with van der Waals surface area (Å²) >= 11 is 0. The zero-order valence-electron chi connectivity index (χ0n) is 9.26. The molecule has 1 N–H and O–H groups in total. The molecule has 2 aliphatic heterocycles. The third kappa shape index (κ3) is 1.83. The third-order valence-electron chi connectivity index (χ3n) is 4.17. The zero-order valence-corrected chi connectivity index (χ0v) is 9.26. The van der Waals surface area contributed by atoms with Crippen molar-refractivity contribution in [2.45, 2.75) is 44.8 Å². The molecular formula is C12H20O3. The number of ether oxygens (including phenoxy) is 1. The topological polar surface area (TPSA) is 46.5 Å². The van der Waals surface area contributed by atoms with E-state index in [0.717, 1.165) is 25.5 Å². The van der Waals surface area contributed by atoms with Crippen molar-refractivity contribution < 1.29 is 14.6 Å². The number of hydrogen-bond donors (Lipinski definition) is 1. The van der Waals surface area contributed by atoms with Gasteiger partial charge < -0.3 is 14.6 Å². The highest BCUT2D eigenvalue weighted by molar-refractivity contribution is 5.49. The van der Waals surface area contributed by atoms with Gasteiger partial charge in [0.2, 0.25) is 0 Å². The van der Waals surface area contributed by atoms with Crippen molar-refractivity contribution in [3.63, 3.8) is 0 Å². The first kappa shape index (κ1) is 11.1. The van der Waals surface area contributed by atoms with Gasteiger partial charge in [0, 0.05) is 18.9 Å². The van der Waals surface area contributed by atoms with Gasteiger partial charge in [0.05, 0.1) is 12.2 Å². The molecule has 2 rings (SSSR count). The highest BCUT2D eigenvalue weighted by Gasteiger charge is 2.50. The second-order valence-electron chi connectivity index (χ2n) is 4.78. The first-order chi connectivity index (χ1) is 7.31. The summed E-state index contributed by atoms with van der Waals surface area (Å²) in [6.45, 7) is 2.33. The Bertz CT molecular complexity index is 229. The molecule has 0 aromatic rings. The number of rotatable bonds is 5. The standard InChI is InChI=1S/C12H20O3/c1-2-8(5-6-13)12-9(7-14)10-3-4-11(12)15-10/h6,8-12,14H,2-5,7H2,1H3/t8-,9?,10-,11+,12+/m0/s1. The maximum Gasteiger partial charge on any atom is 0.120 e. The molecule has 3 heteroatoms. The summed E-state index contributed by atoms with van der Waals surface area (Å²) in [4.78, 5) is 10.6. The fourth-order valence-electron chi connectivity index (χ4n) is 3.42. The molecule has 0 amide bonds. The van der Waals surface area contributed by atoms with E-state index >= 15 is 0 Å². The van der Waals surface area contributed by atoms with Crippen LogP contribution in [0, 0.1) is 17.8 Å². The van der Waals surface area contributed by atoms with Crippen LogP contribution in [0.2, 0.25) is 0 Å². The lowest BCUT2D eigenvalue weighted by molar-refractivity contribution is -0.109. The number of aldehydes is 1. The largest absolute Gasteiger partial charge is 0.396 e. The zero-order chi connectivity index (χ0) is 10.8. The second-order valence-corrected chi connectivity index (χ2v) is 4.78. The van der Waals surface area contributed by atoms with E-state index in [2.05, 4.69) is 6.92 Å². The summed E-state index contributed by atoms with van der Waals surface area (Å²) < 4.78 is 5.84. The maximum absolute atomic E-state index is 10.6. The number of aliphatic hydroxyl groups excluding tert-OH is 1. The van der Waals surface area contributed by atoms with Gasteiger partial charge in [0.1, 0.15) is 6.29 Å². The molecule has 0 aromatic heterocycles. The van der Waals surface area contributed by atoms with Crippen LogP contribution in [0.15, 0.2) is 0 Å². The van der Waals surface area contributed by atoms with Gasteiger partial charge in [0.15, 0.2) is 0 Å². The van der Waals surface area contributed by atoms with Crippen LogP contribution in [-0.4, -0.2) is 30.2 Å². The van der Waals surface area contributed by atoms with Gasteiger partial charge in [-0.1, -0.05) is 13.3 Å². The average Bonchev–Trinajstić information content (AvgIpc) is 2.85. The number of aliphatic hydroxyl groups is 1. The Labute approximate surface area is 90.8 Å². The molecule has 2 aliphatic rings. The van der Waals surface area contributed by atoms with Crippen LogP contribution >= 0.6 is 0 Å². The summed E-state index contributed by atoms with van der Waals surface area (Å²) in [6.07, 6.45) is 5.39. The minimum absolute atomic E-state index is 0.210. The molecule has 2 saturated heterocycles. The van der Waals surface area contributed by atoms with Crippen LogP contribution in [-0.2, 0) is 9.53 Å². The molecule has 2 bridgehead atoms. The Morgan fingerprint density at radius 3 is 2.80 bits per heavy atom. The van der Waals surface area contributed by atoms with Gasteiger partial charge in [-0.25, -0.2) is 0 Å². The first-order valence-corrected chi connectivity index (χ1v) is 6.01. The summed E-state index contributed by atoms with van der Waals surface area (Å²) in [7, 11) is 0. The fourth-order valence-corrected chi connectivity index (χ4v) is 3.42. The Kier molecular flexibility index (Phi) is 3.42. The van der Waals surface area contributed by atoms with Crippen molar-refractivity contribution in [2.24, 2.45) is 17.8 Å². The van der Waals surface area contributed by atoms with E-state index in [9.17, 15) is 9.90 Å². The van der Waals surface area contributed by atoms with Crippen LogP contribution < -0.4 is 0 Å². The van der Waals surface area contributed by atoms with Crippen LogP contribution in [0.4, 0.5) is 0 Å². The summed E-state index contributed by atoms with van der Waals surface area (Å²) in [5, 5.41) is 9.40. The van der Waals surface area contributed by atoms with Crippen LogP contribution in [0.1, 0.15) is 32.6 Å². The SMILES string of the molecule is CC[C@@H](CC=O)[C@@H]1C(CO)[C@@H]2CC[C@H]1O2. The maximum atomic E-state index is 10.6. The van der Waals surface area contributed by atoms with Crippen molar-refractivity contribution in [2.75, 3.05) is 6.61 Å². The van der Waals surface area contributed by atoms with Gasteiger partial charge in [-0.15, -0.1) is 0 Å². The van der Waals surface area contributed by atoms with Crippen LogP contribution in [0.3, 0.4) is 0 Å². The summed E-state index contributed by atoms with van der Waals surface area (Å²) in [5.74, 6) is 1.08. The monoisotopic (exact) mass is 212 g/mol. The average molecular weight is 212 g/mol. The number of fused-ring (bicyclic) bond motifs is 2. The Balaban J connectivity index is 2.08. The molecule has 1 unspecified atom stereocenters. The van der Waals surface area contributed by atoms with Crippen molar-refractivity contribution in [1.82, 2.24) is 0 Å². The first-order valence-electron chi connectivity index (χ1n) is 6.01. The fraction of sp³-hybridized carbons (Fsp3) is 0.917. The van der Waals surface area contributed by atoms with Gasteiger partial charge >= 0.3 is 0 Å². The molecule has 15 heavy (non-hydrogen) atoms. The summed E-state index contributed by atoms with van der Waals surface area (Å²) in [6, 6.07) is 0. The molecule has 0 radical (unpaired) electrons. The highest BCUT2D eigenvalue weighted by Crippen LogP contribution is 2.47. The van der Waals surface area contributed by atoms with E-state index in [1.807, 2.05) is 0 Å².